The van der Waals surface area contributed by atoms with E-state index in [2.05, 4.69) is 0 Å². The third-order valence-corrected chi connectivity index (χ3v) is 6.19. The standard InChI is InChI=1S/C29H45NO9/c1-11-28(7,8)24(32)37-21-14-13-19(16-22(21)38-25(33)29(9,10)12-2)15-20(30)23(31)35-17-18(3)36-26(34)39-27(4,5)6/h13-14,16,18,20H,11-12,15,17,30H2,1-10H3/t18-,20-/m0/s1. The number of carbonyl (C=O) groups is 4. The molecule has 10 heteroatoms. The zero-order valence-electron chi connectivity index (χ0n) is 25.0. The second-order valence-electron chi connectivity index (χ2n) is 11.9. The number of carbonyl (C=O) groups excluding carboxylic acids is 4. The van der Waals surface area contributed by atoms with Gasteiger partial charge in [-0.05, 0) is 92.3 Å². The molecule has 0 saturated heterocycles. The maximum Gasteiger partial charge on any atom is 0.509 e. The Labute approximate surface area is 231 Å². The first kappa shape index (κ1) is 33.9. The van der Waals surface area contributed by atoms with Gasteiger partial charge in [0.15, 0.2) is 11.5 Å². The largest absolute Gasteiger partial charge is 0.509 e. The fourth-order valence-corrected chi connectivity index (χ4v) is 2.72. The molecule has 1 aromatic carbocycles. The van der Waals surface area contributed by atoms with Crippen molar-refractivity contribution in [2.75, 3.05) is 6.61 Å². The van der Waals surface area contributed by atoms with Crippen LogP contribution in [0.2, 0.25) is 0 Å². The van der Waals surface area contributed by atoms with Crippen LogP contribution in [0.25, 0.3) is 0 Å². The molecule has 0 heterocycles. The van der Waals surface area contributed by atoms with E-state index in [0.717, 1.165) is 0 Å². The van der Waals surface area contributed by atoms with E-state index in [9.17, 15) is 19.2 Å². The van der Waals surface area contributed by atoms with E-state index in [1.165, 1.54) is 12.1 Å². The number of hydrogen-bond donors (Lipinski definition) is 1. The molecule has 0 aromatic heterocycles. The van der Waals surface area contributed by atoms with Gasteiger partial charge >= 0.3 is 24.1 Å². The molecular weight excluding hydrogens is 506 g/mol. The van der Waals surface area contributed by atoms with E-state index in [4.69, 9.17) is 29.4 Å². The van der Waals surface area contributed by atoms with Crippen molar-refractivity contribution in [3.8, 4) is 11.5 Å². The highest BCUT2D eigenvalue weighted by atomic mass is 16.7. The van der Waals surface area contributed by atoms with Crippen molar-refractivity contribution in [3.05, 3.63) is 23.8 Å². The van der Waals surface area contributed by atoms with Gasteiger partial charge in [0, 0.05) is 0 Å². The van der Waals surface area contributed by atoms with Gasteiger partial charge in [0.05, 0.1) is 10.8 Å². The summed E-state index contributed by atoms with van der Waals surface area (Å²) < 4.78 is 26.6. The smallest absolute Gasteiger partial charge is 0.461 e. The number of hydrogen-bond acceptors (Lipinski definition) is 10. The summed E-state index contributed by atoms with van der Waals surface area (Å²) in [5, 5.41) is 0. The van der Waals surface area contributed by atoms with Crippen LogP contribution >= 0.6 is 0 Å². The van der Waals surface area contributed by atoms with Crippen LogP contribution in [0.15, 0.2) is 18.2 Å². The summed E-state index contributed by atoms with van der Waals surface area (Å²) in [6.07, 6.45) is -0.468. The van der Waals surface area contributed by atoms with Crippen LogP contribution in [0.1, 0.15) is 87.6 Å². The lowest BCUT2D eigenvalue weighted by molar-refractivity contribution is -0.148. The molecule has 0 bridgehead atoms. The van der Waals surface area contributed by atoms with Crippen molar-refractivity contribution in [2.24, 2.45) is 16.6 Å². The predicted octanol–water partition coefficient (Wildman–Crippen LogP) is 5.12. The van der Waals surface area contributed by atoms with Gasteiger partial charge in [-0.2, -0.15) is 0 Å². The van der Waals surface area contributed by atoms with Crippen LogP contribution in [0.3, 0.4) is 0 Å². The third-order valence-electron chi connectivity index (χ3n) is 6.19. The van der Waals surface area contributed by atoms with Gasteiger partial charge in [-0.15, -0.1) is 0 Å². The highest BCUT2D eigenvalue weighted by Gasteiger charge is 2.32. The van der Waals surface area contributed by atoms with Gasteiger partial charge in [-0.1, -0.05) is 19.9 Å². The summed E-state index contributed by atoms with van der Waals surface area (Å²) in [7, 11) is 0. The molecule has 2 N–H and O–H groups in total. The molecule has 39 heavy (non-hydrogen) atoms. The van der Waals surface area contributed by atoms with E-state index < -0.39 is 52.6 Å². The predicted molar refractivity (Wildman–Crippen MR) is 145 cm³/mol. The molecule has 0 amide bonds. The van der Waals surface area contributed by atoms with E-state index in [1.54, 1.807) is 61.5 Å². The molecule has 0 spiro atoms. The van der Waals surface area contributed by atoms with Crippen LogP contribution in [-0.2, 0) is 35.0 Å². The zero-order valence-corrected chi connectivity index (χ0v) is 25.0. The van der Waals surface area contributed by atoms with Crippen molar-refractivity contribution >= 4 is 24.1 Å². The van der Waals surface area contributed by atoms with Crippen molar-refractivity contribution in [2.45, 2.75) is 106 Å². The number of nitrogens with two attached hydrogens (primary N) is 1. The monoisotopic (exact) mass is 551 g/mol. The van der Waals surface area contributed by atoms with Crippen molar-refractivity contribution in [3.63, 3.8) is 0 Å². The second kappa shape index (κ2) is 13.8. The molecule has 0 fully saturated rings. The van der Waals surface area contributed by atoms with Crippen LogP contribution in [0.4, 0.5) is 4.79 Å². The third kappa shape index (κ3) is 11.2. The summed E-state index contributed by atoms with van der Waals surface area (Å²) in [4.78, 5) is 49.7. The van der Waals surface area contributed by atoms with Crippen LogP contribution in [0.5, 0.6) is 11.5 Å². The minimum absolute atomic E-state index is 0.0521. The van der Waals surface area contributed by atoms with Crippen LogP contribution in [-0.4, -0.2) is 48.4 Å². The van der Waals surface area contributed by atoms with Gasteiger partial charge in [0.1, 0.15) is 24.4 Å². The summed E-state index contributed by atoms with van der Waals surface area (Å²) >= 11 is 0. The maximum atomic E-state index is 12.8. The number of ether oxygens (including phenoxy) is 5. The van der Waals surface area contributed by atoms with Crippen molar-refractivity contribution in [1.29, 1.82) is 0 Å². The Morgan fingerprint density at radius 1 is 0.846 bits per heavy atom. The number of rotatable bonds is 12. The first-order valence-electron chi connectivity index (χ1n) is 13.2. The zero-order chi connectivity index (χ0) is 30.2. The van der Waals surface area contributed by atoms with Crippen molar-refractivity contribution < 1.29 is 42.9 Å². The Balaban J connectivity index is 2.98. The molecule has 0 aliphatic rings. The van der Waals surface area contributed by atoms with Gasteiger partial charge in [0.25, 0.3) is 0 Å². The summed E-state index contributed by atoms with van der Waals surface area (Å²) in [5.41, 5.74) is 4.40. The number of esters is 3. The fraction of sp³-hybridized carbons (Fsp3) is 0.655. The second-order valence-corrected chi connectivity index (χ2v) is 11.9. The molecule has 0 unspecified atom stereocenters. The molecule has 0 aliphatic heterocycles. The lowest BCUT2D eigenvalue weighted by atomic mass is 9.90. The summed E-state index contributed by atoms with van der Waals surface area (Å²) in [6.45, 7) is 17.2. The van der Waals surface area contributed by atoms with Gasteiger partial charge < -0.3 is 29.4 Å². The molecule has 10 nitrogen and oxygen atoms in total. The quantitative estimate of drug-likeness (QED) is 0.275. The molecule has 0 radical (unpaired) electrons. The molecule has 2 atom stereocenters. The number of benzene rings is 1. The van der Waals surface area contributed by atoms with E-state index in [0.29, 0.717) is 18.4 Å². The minimum Gasteiger partial charge on any atom is -0.461 e. The molecule has 1 rings (SSSR count). The van der Waals surface area contributed by atoms with Crippen LogP contribution < -0.4 is 15.2 Å². The minimum atomic E-state index is -1.05. The fourth-order valence-electron chi connectivity index (χ4n) is 2.72. The Morgan fingerprint density at radius 2 is 1.36 bits per heavy atom. The van der Waals surface area contributed by atoms with Crippen LogP contribution in [0, 0.1) is 10.8 Å². The molecule has 220 valence electrons. The topological polar surface area (TPSA) is 140 Å². The highest BCUT2D eigenvalue weighted by Crippen LogP contribution is 2.34. The van der Waals surface area contributed by atoms with Gasteiger partial charge in [-0.25, -0.2) is 4.79 Å². The average Bonchev–Trinajstić information content (AvgIpc) is 2.82. The molecule has 0 saturated carbocycles. The van der Waals surface area contributed by atoms with E-state index in [1.807, 2.05) is 13.8 Å². The summed E-state index contributed by atoms with van der Waals surface area (Å²) in [6, 6.07) is 3.61. The van der Waals surface area contributed by atoms with E-state index >= 15 is 0 Å². The van der Waals surface area contributed by atoms with Gasteiger partial charge in [-0.3, -0.25) is 14.4 Å². The Kier molecular flexibility index (Phi) is 12.0. The first-order chi connectivity index (χ1) is 17.8. The molecule has 1 aromatic rings. The molecule has 0 aliphatic carbocycles. The normalized spacial score (nSPS) is 13.6. The Bertz CT molecular complexity index is 1020. The van der Waals surface area contributed by atoms with Gasteiger partial charge in [0.2, 0.25) is 0 Å². The summed E-state index contributed by atoms with van der Waals surface area (Å²) in [5.74, 6) is -1.51. The van der Waals surface area contributed by atoms with Crippen molar-refractivity contribution in [1.82, 2.24) is 0 Å². The van der Waals surface area contributed by atoms with E-state index in [-0.39, 0.29) is 24.5 Å². The Hall–Kier alpha value is -3.14. The maximum absolute atomic E-state index is 12.8. The highest BCUT2D eigenvalue weighted by molar-refractivity contribution is 5.81. The first-order valence-corrected chi connectivity index (χ1v) is 13.2. The molecular formula is C29H45NO9. The lowest BCUT2D eigenvalue weighted by Crippen LogP contribution is -2.36. The Morgan fingerprint density at radius 3 is 1.85 bits per heavy atom. The average molecular weight is 552 g/mol. The lowest BCUT2D eigenvalue weighted by Gasteiger charge is -2.23. The SMILES string of the molecule is CCC(C)(C)C(=O)Oc1ccc(C[C@H](N)C(=O)OC[C@H](C)OC(=O)OC(C)(C)C)cc1OC(=O)C(C)(C)CC.